The minimum Gasteiger partial charge on any atom is -0.465 e. The van der Waals surface area contributed by atoms with Crippen molar-refractivity contribution in [1.29, 1.82) is 0 Å². The van der Waals surface area contributed by atoms with E-state index >= 15 is 0 Å². The minimum atomic E-state index is -2.26. The van der Waals surface area contributed by atoms with Crippen LogP contribution in [0.1, 0.15) is 69.2 Å². The van der Waals surface area contributed by atoms with Crippen LogP contribution in [0, 0.1) is 23.7 Å². The highest BCUT2D eigenvalue weighted by Gasteiger charge is 2.22. The Kier molecular flexibility index (Phi) is 17.4. The molecule has 0 spiro atoms. The smallest absolute Gasteiger partial charge is 0.315 e. The van der Waals surface area contributed by atoms with Crippen molar-refractivity contribution in [3.05, 3.63) is 0 Å². The van der Waals surface area contributed by atoms with Gasteiger partial charge in [0.05, 0.1) is 13.2 Å². The van der Waals surface area contributed by atoms with Gasteiger partial charge in [0.25, 0.3) is 0 Å². The van der Waals surface area contributed by atoms with Gasteiger partial charge in [-0.2, -0.15) is 0 Å². The van der Waals surface area contributed by atoms with Crippen molar-refractivity contribution >= 4 is 25.5 Å². The van der Waals surface area contributed by atoms with Gasteiger partial charge in [0.2, 0.25) is 5.91 Å². The molecule has 1 N–H and O–H groups in total. The molecule has 0 aliphatic heterocycles. The summed E-state index contributed by atoms with van der Waals surface area (Å²) in [5.74, 6) is 0.310. The molecule has 2 unspecified atom stereocenters. The normalized spacial score (nSPS) is 14.6. The summed E-state index contributed by atoms with van der Waals surface area (Å²) >= 11 is 0. The maximum absolute atomic E-state index is 12.0. The van der Waals surface area contributed by atoms with Gasteiger partial charge in [0, 0.05) is 31.7 Å². The number of carbonyl (C=O) groups is 2. The highest BCUT2D eigenvalue weighted by atomic mass is 31.2. The van der Waals surface area contributed by atoms with Crippen LogP contribution in [-0.4, -0.2) is 68.8 Å². The average molecular weight is 479 g/mol. The number of esters is 1. The van der Waals surface area contributed by atoms with E-state index in [2.05, 4.69) is 58.1 Å². The third kappa shape index (κ3) is 16.7. The van der Waals surface area contributed by atoms with E-state index in [0.717, 1.165) is 6.54 Å². The minimum absolute atomic E-state index is 0. The van der Waals surface area contributed by atoms with Crippen LogP contribution in [0.3, 0.4) is 0 Å². The van der Waals surface area contributed by atoms with Crippen molar-refractivity contribution in [1.82, 2.24) is 10.2 Å². The van der Waals surface area contributed by atoms with Gasteiger partial charge in [0.1, 0.15) is 20.5 Å². The highest BCUT2D eigenvalue weighted by molar-refractivity contribution is 7.63. The standard InChI is InChI=1S/C23H47N2O5P.CH4/c1-17(2)12-24-22(26)11-23(27)28-14-21(19(5)6)15-29-31(9,10)30-16-25(20(7)8)13-18(3)4;/h17-21H,9,11-16H2,1-8,10H3,(H,24,26);1H4. The predicted octanol–water partition coefficient (Wildman–Crippen LogP) is 4.87. The van der Waals surface area contributed by atoms with Gasteiger partial charge in [-0.15, -0.1) is 0 Å². The fraction of sp³-hybridized carbons (Fsp3) is 0.875. The van der Waals surface area contributed by atoms with E-state index in [1.54, 1.807) is 0 Å². The Balaban J connectivity index is 0. The topological polar surface area (TPSA) is 77.1 Å². The van der Waals surface area contributed by atoms with Gasteiger partial charge in [-0.05, 0) is 31.6 Å². The summed E-state index contributed by atoms with van der Waals surface area (Å²) in [6, 6.07) is 0.378. The number of amides is 1. The number of hydrogen-bond donors (Lipinski definition) is 1. The highest BCUT2D eigenvalue weighted by Crippen LogP contribution is 2.44. The van der Waals surface area contributed by atoms with Crippen molar-refractivity contribution in [2.75, 3.05) is 39.7 Å². The van der Waals surface area contributed by atoms with E-state index in [4.69, 9.17) is 13.8 Å². The third-order valence-corrected chi connectivity index (χ3v) is 6.16. The van der Waals surface area contributed by atoms with Crippen LogP contribution in [0.2, 0.25) is 0 Å². The SMILES string of the molecule is C.C=P(C)(OCC(COC(=O)CC(=O)NCC(C)C)C(C)C)OCN(CC(C)C)C(C)C. The van der Waals surface area contributed by atoms with Crippen LogP contribution < -0.4 is 5.32 Å². The number of nitrogens with zero attached hydrogens (tertiary/aromatic N) is 1. The predicted molar refractivity (Wildman–Crippen MR) is 137 cm³/mol. The molecule has 0 bridgehead atoms. The second-order valence-electron chi connectivity index (χ2n) is 9.89. The van der Waals surface area contributed by atoms with Crippen molar-refractivity contribution in [2.24, 2.45) is 23.7 Å². The van der Waals surface area contributed by atoms with Crippen molar-refractivity contribution in [2.45, 2.75) is 75.3 Å². The lowest BCUT2D eigenvalue weighted by atomic mass is 9.98. The average Bonchev–Trinajstić information content (AvgIpc) is 2.62. The summed E-state index contributed by atoms with van der Waals surface area (Å²) in [5.41, 5.74) is 0. The van der Waals surface area contributed by atoms with Gasteiger partial charge >= 0.3 is 5.97 Å². The lowest BCUT2D eigenvalue weighted by molar-refractivity contribution is -0.148. The van der Waals surface area contributed by atoms with E-state index in [-0.39, 0.29) is 38.2 Å². The molecule has 0 saturated heterocycles. The molecule has 0 saturated carbocycles. The molecular weight excluding hydrogens is 427 g/mol. The third-order valence-electron chi connectivity index (χ3n) is 4.80. The first kappa shape index (κ1) is 33.3. The first-order valence-corrected chi connectivity index (χ1v) is 13.7. The number of ether oxygens (including phenoxy) is 1. The number of rotatable bonds is 16. The zero-order valence-corrected chi connectivity index (χ0v) is 22.2. The van der Waals surface area contributed by atoms with Crippen molar-refractivity contribution < 1.29 is 23.4 Å². The summed E-state index contributed by atoms with van der Waals surface area (Å²) < 4.78 is 17.4. The molecule has 1 amide bonds. The van der Waals surface area contributed by atoms with E-state index in [1.165, 1.54) is 0 Å². The Labute approximate surface area is 198 Å². The molecule has 0 aromatic carbocycles. The Hall–Kier alpha value is -0.880. The largest absolute Gasteiger partial charge is 0.465 e. The summed E-state index contributed by atoms with van der Waals surface area (Å²) in [6.45, 7) is 21.3. The lowest BCUT2D eigenvalue weighted by Gasteiger charge is -2.31. The van der Waals surface area contributed by atoms with E-state index < -0.39 is 13.3 Å². The number of carbonyl (C=O) groups excluding carboxylic acids is 2. The van der Waals surface area contributed by atoms with Crippen LogP contribution in [0.15, 0.2) is 0 Å². The first-order chi connectivity index (χ1) is 14.2. The number of nitrogens with one attached hydrogen (secondary N) is 1. The molecule has 0 radical (unpaired) electrons. The Morgan fingerprint density at radius 2 is 1.56 bits per heavy atom. The first-order valence-electron chi connectivity index (χ1n) is 11.4. The molecule has 32 heavy (non-hydrogen) atoms. The molecule has 0 aromatic rings. The van der Waals surface area contributed by atoms with Crippen molar-refractivity contribution in [3.63, 3.8) is 0 Å². The van der Waals surface area contributed by atoms with E-state index in [1.807, 2.05) is 20.5 Å². The molecular formula is C24H51N2O5P. The molecule has 0 aromatic heterocycles. The molecule has 0 fully saturated rings. The van der Waals surface area contributed by atoms with Crippen LogP contribution in [0.4, 0.5) is 0 Å². The summed E-state index contributed by atoms with van der Waals surface area (Å²) in [7, 11) is -2.26. The second-order valence-corrected chi connectivity index (χ2v) is 12.4. The van der Waals surface area contributed by atoms with Gasteiger partial charge in [0.15, 0.2) is 0 Å². The van der Waals surface area contributed by atoms with Crippen LogP contribution in [0.5, 0.6) is 0 Å². The Bertz CT molecular complexity index is 579. The Morgan fingerprint density at radius 3 is 2.03 bits per heavy atom. The molecule has 0 aliphatic rings. The monoisotopic (exact) mass is 478 g/mol. The summed E-state index contributed by atoms with van der Waals surface area (Å²) in [6.07, 6.45) is 3.90. The molecule has 0 heterocycles. The fourth-order valence-electron chi connectivity index (χ4n) is 2.56. The van der Waals surface area contributed by atoms with Gasteiger partial charge in [-0.1, -0.05) is 55.3 Å². The van der Waals surface area contributed by atoms with Gasteiger partial charge in [-0.25, -0.2) is 0 Å². The lowest BCUT2D eigenvalue weighted by Crippen LogP contribution is -2.35. The zero-order valence-electron chi connectivity index (χ0n) is 21.3. The van der Waals surface area contributed by atoms with Crippen LogP contribution >= 0.6 is 7.34 Å². The summed E-state index contributed by atoms with van der Waals surface area (Å²) in [5, 5.41) is 2.72. The maximum Gasteiger partial charge on any atom is 0.315 e. The number of hydrogen-bond acceptors (Lipinski definition) is 6. The Morgan fingerprint density at radius 1 is 0.969 bits per heavy atom. The maximum atomic E-state index is 12.0. The molecule has 0 aliphatic carbocycles. The van der Waals surface area contributed by atoms with E-state index in [9.17, 15) is 9.59 Å². The van der Waals surface area contributed by atoms with Crippen molar-refractivity contribution in [3.8, 4) is 0 Å². The van der Waals surface area contributed by atoms with Gasteiger partial charge in [-0.3, -0.25) is 14.5 Å². The molecule has 192 valence electrons. The summed E-state index contributed by atoms with van der Waals surface area (Å²) in [4.78, 5) is 26.0. The van der Waals surface area contributed by atoms with Crippen LogP contribution in [-0.2, 0) is 23.4 Å². The quantitative estimate of drug-likeness (QED) is 0.148. The molecule has 8 heteroatoms. The van der Waals surface area contributed by atoms with Gasteiger partial charge < -0.3 is 19.1 Å². The molecule has 7 nitrogen and oxygen atoms in total. The fourth-order valence-corrected chi connectivity index (χ4v) is 3.54. The molecule has 0 rings (SSSR count). The van der Waals surface area contributed by atoms with Crippen LogP contribution in [0.25, 0.3) is 0 Å². The zero-order chi connectivity index (χ0) is 24.2. The molecule has 2 atom stereocenters. The second kappa shape index (κ2) is 16.7. The van der Waals surface area contributed by atoms with E-state index in [0.29, 0.717) is 37.8 Å².